The van der Waals surface area contributed by atoms with Crippen LogP contribution < -0.4 is 7.58 Å². The number of hydrogen-bond donors (Lipinski definition) is 0. The molecule has 0 spiro atoms. The predicted molar refractivity (Wildman–Crippen MR) is 153 cm³/mol. The number of aromatic nitrogens is 2. The molecule has 0 saturated heterocycles. The first-order chi connectivity index (χ1) is 18.9. The monoisotopic (exact) mass is 507 g/mol. The van der Waals surface area contributed by atoms with Gasteiger partial charge in [-0.1, -0.05) is 121 Å². The fourth-order valence-electron chi connectivity index (χ4n) is 4.49. The minimum absolute atomic E-state index is 0.720. The number of benzene rings is 5. The smallest absolute Gasteiger partial charge is 0.616 e. The van der Waals surface area contributed by atoms with E-state index >= 15 is 0 Å². The number of para-hydroxylation sites is 3. The summed E-state index contributed by atoms with van der Waals surface area (Å²) in [6.07, 6.45) is 0. The molecule has 0 aliphatic carbocycles. The van der Waals surface area contributed by atoms with Gasteiger partial charge in [-0.15, -0.1) is 0 Å². The third-order valence-corrected chi connectivity index (χ3v) is 6.96. The van der Waals surface area contributed by atoms with Gasteiger partial charge in [-0.2, -0.15) is 5.10 Å². The second-order valence-corrected chi connectivity index (χ2v) is 9.36. The lowest BCUT2D eigenvalue weighted by atomic mass is 9.96. The van der Waals surface area contributed by atoms with Crippen LogP contribution in [0.5, 0.6) is 11.5 Å². The first-order valence-corrected chi connectivity index (χ1v) is 13.4. The molecule has 0 unspecified atom stereocenters. The Hall–Kier alpha value is -4.56. The van der Waals surface area contributed by atoms with Crippen molar-refractivity contribution in [1.82, 2.24) is 9.78 Å². The zero-order valence-corrected chi connectivity index (χ0v) is 21.8. The SMILES string of the molecule is c1ccc([O][Al][O]c2ccccc2-n2nc(-c3ccccc3)c(-c3ccccc3)c2-c2ccccc2)cc1. The quantitative estimate of drug-likeness (QED) is 0.197. The first kappa shape index (κ1) is 23.8. The van der Waals surface area contributed by atoms with Crippen LogP contribution in [0.4, 0.5) is 0 Å². The molecule has 1 aromatic heterocycles. The van der Waals surface area contributed by atoms with Crippen molar-refractivity contribution in [3.63, 3.8) is 0 Å². The van der Waals surface area contributed by atoms with Crippen LogP contribution in [0.15, 0.2) is 146 Å². The molecule has 0 aliphatic rings. The Labute approximate surface area is 229 Å². The number of hydrogen-bond acceptors (Lipinski definition) is 3. The van der Waals surface area contributed by atoms with Crippen molar-refractivity contribution in [2.75, 3.05) is 0 Å². The van der Waals surface area contributed by atoms with Crippen LogP contribution in [0.1, 0.15) is 0 Å². The minimum Gasteiger partial charge on any atom is -0.616 e. The van der Waals surface area contributed by atoms with Crippen molar-refractivity contribution < 1.29 is 7.58 Å². The molecule has 5 aromatic carbocycles. The summed E-state index contributed by atoms with van der Waals surface area (Å²) in [6, 6.07) is 48.9. The average Bonchev–Trinajstić information content (AvgIpc) is 3.40. The Balaban J connectivity index is 1.52. The molecule has 1 heterocycles. The van der Waals surface area contributed by atoms with Gasteiger partial charge in [-0.05, 0) is 29.8 Å². The highest BCUT2D eigenvalue weighted by molar-refractivity contribution is 6.21. The maximum absolute atomic E-state index is 6.25. The zero-order chi connectivity index (χ0) is 25.6. The second kappa shape index (κ2) is 11.2. The highest BCUT2D eigenvalue weighted by atomic mass is 27.2. The lowest BCUT2D eigenvalue weighted by molar-refractivity contribution is 0.457. The zero-order valence-electron chi connectivity index (χ0n) is 20.6. The van der Waals surface area contributed by atoms with Gasteiger partial charge in [0, 0.05) is 16.7 Å². The average molecular weight is 508 g/mol. The number of nitrogens with zero attached hydrogens (tertiary/aromatic N) is 2. The molecule has 0 amide bonds. The molecule has 0 saturated carbocycles. The largest absolute Gasteiger partial charge is 0.881 e. The Kier molecular flexibility index (Phi) is 7.04. The molecule has 6 rings (SSSR count). The molecular weight excluding hydrogens is 483 g/mol. The van der Waals surface area contributed by atoms with Crippen LogP contribution in [-0.2, 0) is 0 Å². The van der Waals surface area contributed by atoms with Crippen molar-refractivity contribution in [3.8, 4) is 50.8 Å². The molecule has 38 heavy (non-hydrogen) atoms. The van der Waals surface area contributed by atoms with Crippen LogP contribution in [0.25, 0.3) is 39.3 Å². The first-order valence-electron chi connectivity index (χ1n) is 12.5. The molecule has 0 bridgehead atoms. The molecule has 0 atom stereocenters. The van der Waals surface area contributed by atoms with E-state index in [-0.39, 0.29) is 0 Å². The van der Waals surface area contributed by atoms with E-state index in [1.54, 1.807) is 0 Å². The fraction of sp³-hybridized carbons (Fsp3) is 0. The Morgan fingerprint density at radius 1 is 0.500 bits per heavy atom. The number of rotatable bonds is 8. The van der Waals surface area contributed by atoms with Crippen LogP contribution in [-0.4, -0.2) is 25.7 Å². The molecule has 0 fully saturated rings. The predicted octanol–water partition coefficient (Wildman–Crippen LogP) is 7.87. The van der Waals surface area contributed by atoms with Crippen molar-refractivity contribution in [3.05, 3.63) is 146 Å². The van der Waals surface area contributed by atoms with E-state index in [2.05, 4.69) is 60.7 Å². The second-order valence-electron chi connectivity index (χ2n) is 8.69. The van der Waals surface area contributed by atoms with Gasteiger partial charge in [-0.3, -0.25) is 0 Å². The van der Waals surface area contributed by atoms with Crippen molar-refractivity contribution in [1.29, 1.82) is 0 Å². The maximum atomic E-state index is 6.25. The summed E-state index contributed by atoms with van der Waals surface area (Å²) in [5, 5.41) is 5.24. The summed E-state index contributed by atoms with van der Waals surface area (Å²) in [5.74, 6) is 1.51. The summed E-state index contributed by atoms with van der Waals surface area (Å²) in [4.78, 5) is 0. The van der Waals surface area contributed by atoms with Crippen LogP contribution in [0.2, 0.25) is 0 Å². The lowest BCUT2D eigenvalue weighted by Crippen LogP contribution is -2.13. The van der Waals surface area contributed by atoms with E-state index < -0.39 is 15.9 Å². The molecule has 6 aromatic rings. The van der Waals surface area contributed by atoms with E-state index in [0.29, 0.717) is 0 Å². The molecule has 1 radical (unpaired) electrons. The van der Waals surface area contributed by atoms with Crippen LogP contribution in [0, 0.1) is 0 Å². The summed E-state index contributed by atoms with van der Waals surface area (Å²) < 4.78 is 14.2. The third-order valence-electron chi connectivity index (χ3n) is 6.24. The Bertz CT molecular complexity index is 1620. The summed E-state index contributed by atoms with van der Waals surface area (Å²) in [5.41, 5.74) is 7.08. The molecule has 181 valence electrons. The molecule has 0 N–H and O–H groups in total. The third kappa shape index (κ3) is 4.99. The van der Waals surface area contributed by atoms with Gasteiger partial charge in [0.25, 0.3) is 0 Å². The Morgan fingerprint density at radius 3 is 1.68 bits per heavy atom. The van der Waals surface area contributed by atoms with Gasteiger partial charge >= 0.3 is 15.9 Å². The van der Waals surface area contributed by atoms with E-state index in [1.807, 2.05) is 89.6 Å². The normalized spacial score (nSPS) is 10.6. The standard InChI is InChI=1S/C27H20N2O.C6H6O.Al/c30-24-19-11-10-18-23(24)29-27(22-16-8-3-9-17-22)25(20-12-4-1-5-13-20)26(28-29)21-14-6-2-7-15-21;7-6-4-2-1-3-5-6;/h1-19,30H;1-5,7H;/q;;+2/p-2. The van der Waals surface area contributed by atoms with Crippen molar-refractivity contribution in [2.45, 2.75) is 0 Å². The van der Waals surface area contributed by atoms with Gasteiger partial charge in [0.05, 0.1) is 11.4 Å². The highest BCUT2D eigenvalue weighted by Gasteiger charge is 2.24. The molecular formula is C33H24AlN2O2. The molecule has 5 heteroatoms. The minimum atomic E-state index is -0.766. The fourth-order valence-corrected chi connectivity index (χ4v) is 5.11. The van der Waals surface area contributed by atoms with Crippen LogP contribution >= 0.6 is 0 Å². The topological polar surface area (TPSA) is 36.3 Å². The molecule has 0 aliphatic heterocycles. The van der Waals surface area contributed by atoms with Crippen molar-refractivity contribution in [2.24, 2.45) is 0 Å². The van der Waals surface area contributed by atoms with Gasteiger partial charge < -0.3 is 7.58 Å². The molecule has 4 nitrogen and oxygen atoms in total. The van der Waals surface area contributed by atoms with Crippen LogP contribution in [0.3, 0.4) is 0 Å². The summed E-state index contributed by atoms with van der Waals surface area (Å²) in [7, 11) is 0. The highest BCUT2D eigenvalue weighted by Crippen LogP contribution is 2.42. The van der Waals surface area contributed by atoms with Gasteiger partial charge in [0.1, 0.15) is 17.1 Å². The van der Waals surface area contributed by atoms with Gasteiger partial charge in [0.15, 0.2) is 0 Å². The van der Waals surface area contributed by atoms with E-state index in [4.69, 9.17) is 12.7 Å². The van der Waals surface area contributed by atoms with E-state index in [0.717, 1.165) is 50.8 Å². The van der Waals surface area contributed by atoms with E-state index in [1.165, 1.54) is 0 Å². The lowest BCUT2D eigenvalue weighted by Gasteiger charge is -2.15. The van der Waals surface area contributed by atoms with Gasteiger partial charge in [-0.25, -0.2) is 4.68 Å². The van der Waals surface area contributed by atoms with Crippen molar-refractivity contribution >= 4 is 15.9 Å². The Morgan fingerprint density at radius 2 is 1.03 bits per heavy atom. The van der Waals surface area contributed by atoms with Gasteiger partial charge in [0.2, 0.25) is 0 Å². The summed E-state index contributed by atoms with van der Waals surface area (Å²) in [6.45, 7) is 0. The maximum Gasteiger partial charge on any atom is 0.881 e. The summed E-state index contributed by atoms with van der Waals surface area (Å²) >= 11 is -0.766. The van der Waals surface area contributed by atoms with E-state index in [9.17, 15) is 0 Å².